The molecule has 0 radical (unpaired) electrons. The number of carbonyl (C=O) groups is 1. The Balaban J connectivity index is 1.56. The first-order valence-corrected chi connectivity index (χ1v) is 15.0. The van der Waals surface area contributed by atoms with E-state index in [-0.39, 0.29) is 21.6 Å². The summed E-state index contributed by atoms with van der Waals surface area (Å²) >= 11 is 13.7. The molecule has 0 unspecified atom stereocenters. The number of halogens is 2. The Bertz CT molecular complexity index is 1580. The fraction of sp³-hybridized carbons (Fsp3) is 0.231. The van der Waals surface area contributed by atoms with Gasteiger partial charge in [0.15, 0.2) is 9.90 Å². The van der Waals surface area contributed by atoms with Crippen molar-refractivity contribution in [2.75, 3.05) is 13.1 Å². The molecule has 4 aromatic rings. The van der Waals surface area contributed by atoms with Crippen LogP contribution < -0.4 is 9.61 Å². The van der Waals surface area contributed by atoms with Gasteiger partial charge in [-0.05, 0) is 56.2 Å². The van der Waals surface area contributed by atoms with Crippen LogP contribution in [0.15, 0.2) is 64.2 Å². The van der Waals surface area contributed by atoms with E-state index in [0.717, 1.165) is 43.7 Å². The summed E-state index contributed by atoms with van der Waals surface area (Å²) in [6.07, 6.45) is 3.16. The van der Waals surface area contributed by atoms with E-state index in [4.69, 9.17) is 27.4 Å². The van der Waals surface area contributed by atoms with Gasteiger partial charge < -0.3 is 4.18 Å². The highest BCUT2D eigenvalue weighted by atomic mass is 35.5. The molecule has 1 aliphatic rings. The molecule has 2 aromatic carbocycles. The number of nitrogens with zero attached hydrogens (tertiary/aromatic N) is 3. The van der Waals surface area contributed by atoms with Crippen LogP contribution in [0.4, 0.5) is 0 Å². The maximum Gasteiger partial charge on any atom is 0.348 e. The van der Waals surface area contributed by atoms with Gasteiger partial charge in [0.2, 0.25) is 0 Å². The summed E-state index contributed by atoms with van der Waals surface area (Å²) in [5, 5.41) is 9.00. The fourth-order valence-electron chi connectivity index (χ4n) is 4.30. The molecule has 0 saturated carbocycles. The lowest BCUT2D eigenvalue weighted by Crippen LogP contribution is -2.45. The van der Waals surface area contributed by atoms with E-state index in [1.54, 1.807) is 65.5 Å². The van der Waals surface area contributed by atoms with Gasteiger partial charge in [-0.2, -0.15) is 13.5 Å². The molecule has 0 bridgehead atoms. The van der Waals surface area contributed by atoms with E-state index in [2.05, 4.69) is 10.5 Å². The van der Waals surface area contributed by atoms with Crippen LogP contribution in [0.2, 0.25) is 10.0 Å². The molecule has 0 spiro atoms. The zero-order valence-corrected chi connectivity index (χ0v) is 23.5. The molecular formula is C26H24Cl2N4O4S2. The van der Waals surface area contributed by atoms with Crippen molar-refractivity contribution in [2.45, 2.75) is 30.4 Å². The monoisotopic (exact) mass is 590 g/mol. The molecule has 1 N–H and O–H groups in total. The second-order valence-corrected chi connectivity index (χ2v) is 12.4. The van der Waals surface area contributed by atoms with Crippen LogP contribution in [0.3, 0.4) is 0 Å². The molecule has 1 amide bonds. The number of carbonyl (C=O) groups excluding carboxylic acids is 1. The van der Waals surface area contributed by atoms with Crippen LogP contribution in [-0.4, -0.2) is 42.2 Å². The number of benzene rings is 2. The average Bonchev–Trinajstić information content (AvgIpc) is 3.50. The zero-order chi connectivity index (χ0) is 26.9. The number of thiophene rings is 1. The second-order valence-electron chi connectivity index (χ2n) is 8.82. The van der Waals surface area contributed by atoms with Gasteiger partial charge in [-0.1, -0.05) is 47.8 Å². The molecule has 198 valence electrons. The van der Waals surface area contributed by atoms with Crippen LogP contribution >= 0.6 is 34.5 Å². The van der Waals surface area contributed by atoms with E-state index in [1.165, 1.54) is 6.07 Å². The summed E-state index contributed by atoms with van der Waals surface area (Å²) in [4.78, 5) is 13.3. The van der Waals surface area contributed by atoms with Crippen LogP contribution in [0.25, 0.3) is 16.9 Å². The minimum Gasteiger partial charge on any atom is -0.378 e. The van der Waals surface area contributed by atoms with Crippen molar-refractivity contribution < 1.29 is 17.4 Å². The number of hydrogen-bond donors (Lipinski definition) is 1. The first-order valence-electron chi connectivity index (χ1n) is 11.9. The van der Waals surface area contributed by atoms with Crippen molar-refractivity contribution in [1.82, 2.24) is 20.2 Å². The Labute approximate surface area is 234 Å². The molecule has 38 heavy (non-hydrogen) atoms. The fourth-order valence-corrected chi connectivity index (χ4v) is 6.84. The number of nitrogens with one attached hydrogen (secondary N) is 1. The number of amides is 1. The van der Waals surface area contributed by atoms with Crippen molar-refractivity contribution in [3.63, 3.8) is 0 Å². The molecule has 12 heteroatoms. The standard InChI is InChI=1S/C26H24Cl2N4O4S2/c1-17-24(26(33)30-31-12-6-3-7-13-31)29-32(22-11-10-19(27)15-21(22)28)25(17)18-14-23(37-16-18)38(34,35)36-20-8-4-2-5-9-20/h2,4-5,8-11,14-16H,3,6-7,12-13H2,1H3,(H,30,33). The minimum absolute atomic E-state index is 0.0185. The van der Waals surface area contributed by atoms with Crippen LogP contribution in [0.5, 0.6) is 5.75 Å². The number of aromatic nitrogens is 2. The molecular weight excluding hydrogens is 567 g/mol. The van der Waals surface area contributed by atoms with Crippen molar-refractivity contribution in [3.8, 4) is 22.7 Å². The van der Waals surface area contributed by atoms with Crippen molar-refractivity contribution in [3.05, 3.63) is 81.3 Å². The highest BCUT2D eigenvalue weighted by Crippen LogP contribution is 2.36. The predicted octanol–water partition coefficient (Wildman–Crippen LogP) is 6.11. The third kappa shape index (κ3) is 5.60. The summed E-state index contributed by atoms with van der Waals surface area (Å²) in [6.45, 7) is 3.32. The molecule has 1 saturated heterocycles. The van der Waals surface area contributed by atoms with E-state index in [9.17, 15) is 13.2 Å². The Kier molecular flexibility index (Phi) is 7.78. The minimum atomic E-state index is -4.07. The lowest BCUT2D eigenvalue weighted by Gasteiger charge is -2.26. The highest BCUT2D eigenvalue weighted by molar-refractivity contribution is 7.89. The Hall–Kier alpha value is -2.89. The molecule has 1 fully saturated rings. The van der Waals surface area contributed by atoms with Crippen LogP contribution in [0, 0.1) is 6.92 Å². The van der Waals surface area contributed by atoms with Gasteiger partial charge in [0.05, 0.1) is 16.4 Å². The van der Waals surface area contributed by atoms with Crippen molar-refractivity contribution in [2.24, 2.45) is 0 Å². The molecule has 8 nitrogen and oxygen atoms in total. The summed E-state index contributed by atoms with van der Waals surface area (Å²) in [6, 6.07) is 14.8. The molecule has 1 aliphatic heterocycles. The Morgan fingerprint density at radius 2 is 1.79 bits per heavy atom. The number of hydrogen-bond acceptors (Lipinski definition) is 7. The lowest BCUT2D eigenvalue weighted by atomic mass is 10.1. The summed E-state index contributed by atoms with van der Waals surface area (Å²) < 4.78 is 32.8. The quantitative estimate of drug-likeness (QED) is 0.261. The molecule has 2 aromatic heterocycles. The third-order valence-corrected chi connectivity index (χ3v) is 9.32. The predicted molar refractivity (Wildman–Crippen MR) is 149 cm³/mol. The number of piperidine rings is 1. The van der Waals surface area contributed by atoms with Crippen molar-refractivity contribution >= 4 is 50.6 Å². The summed E-state index contributed by atoms with van der Waals surface area (Å²) in [5.41, 5.74) is 5.34. The third-order valence-electron chi connectivity index (χ3n) is 6.14. The van der Waals surface area contributed by atoms with E-state index < -0.39 is 10.1 Å². The van der Waals surface area contributed by atoms with Crippen LogP contribution in [0.1, 0.15) is 35.3 Å². The zero-order valence-electron chi connectivity index (χ0n) is 20.4. The first-order chi connectivity index (χ1) is 18.2. The van der Waals surface area contributed by atoms with Gasteiger partial charge in [-0.15, -0.1) is 11.3 Å². The van der Waals surface area contributed by atoms with Gasteiger partial charge >= 0.3 is 10.1 Å². The normalized spacial score (nSPS) is 14.4. The molecule has 0 atom stereocenters. The highest BCUT2D eigenvalue weighted by Gasteiger charge is 2.27. The number of hydrazine groups is 1. The van der Waals surface area contributed by atoms with Gasteiger partial charge in [0.25, 0.3) is 5.91 Å². The molecule has 5 rings (SSSR count). The van der Waals surface area contributed by atoms with Gasteiger partial charge in [0, 0.05) is 34.6 Å². The number of para-hydroxylation sites is 1. The van der Waals surface area contributed by atoms with Crippen LogP contribution in [-0.2, 0) is 10.1 Å². The summed E-state index contributed by atoms with van der Waals surface area (Å²) in [5.74, 6) is -0.127. The molecule has 3 heterocycles. The SMILES string of the molecule is Cc1c(C(=O)NN2CCCCC2)nn(-c2ccc(Cl)cc2Cl)c1-c1csc(S(=O)(=O)Oc2ccccc2)c1. The topological polar surface area (TPSA) is 93.5 Å². The Morgan fingerprint density at radius 1 is 1.05 bits per heavy atom. The maximum atomic E-state index is 13.3. The first kappa shape index (κ1) is 26.7. The van der Waals surface area contributed by atoms with E-state index >= 15 is 0 Å². The maximum absolute atomic E-state index is 13.3. The second kappa shape index (κ2) is 11.1. The summed E-state index contributed by atoms with van der Waals surface area (Å²) in [7, 11) is -4.07. The van der Waals surface area contributed by atoms with Gasteiger partial charge in [0.1, 0.15) is 5.75 Å². The smallest absolute Gasteiger partial charge is 0.348 e. The van der Waals surface area contributed by atoms with Crippen molar-refractivity contribution in [1.29, 1.82) is 0 Å². The van der Waals surface area contributed by atoms with E-state index in [1.807, 2.05) is 5.01 Å². The lowest BCUT2D eigenvalue weighted by molar-refractivity contribution is 0.0743. The Morgan fingerprint density at radius 3 is 2.50 bits per heavy atom. The molecule has 0 aliphatic carbocycles. The van der Waals surface area contributed by atoms with Gasteiger partial charge in [-0.25, -0.2) is 9.69 Å². The van der Waals surface area contributed by atoms with Gasteiger partial charge in [-0.3, -0.25) is 10.2 Å². The average molecular weight is 592 g/mol. The van der Waals surface area contributed by atoms with E-state index in [0.29, 0.717) is 32.6 Å². The number of rotatable bonds is 7. The largest absolute Gasteiger partial charge is 0.378 e.